The molecule has 1 heterocycles. The monoisotopic (exact) mass is 426 g/mol. The van der Waals surface area contributed by atoms with Gasteiger partial charge in [-0.2, -0.15) is 13.2 Å². The summed E-state index contributed by atoms with van der Waals surface area (Å²) in [6, 6.07) is 6.83. The summed E-state index contributed by atoms with van der Waals surface area (Å²) in [5.41, 5.74) is 1.24. The molecule has 0 spiro atoms. The number of thiophene rings is 1. The molecule has 1 aliphatic carbocycles. The predicted molar refractivity (Wildman–Crippen MR) is 106 cm³/mol. The van der Waals surface area contributed by atoms with Gasteiger partial charge in [-0.3, -0.25) is 9.59 Å². The van der Waals surface area contributed by atoms with Gasteiger partial charge in [0.05, 0.1) is 17.9 Å². The number of alkyl halides is 3. The molecule has 3 rings (SSSR count). The molecular weight excluding hydrogens is 405 g/mol. The Morgan fingerprint density at radius 1 is 1.10 bits per heavy atom. The Morgan fingerprint density at radius 2 is 1.83 bits per heavy atom. The van der Waals surface area contributed by atoms with E-state index in [2.05, 4.69) is 5.32 Å². The van der Waals surface area contributed by atoms with E-state index in [0.29, 0.717) is 30.9 Å². The van der Waals surface area contributed by atoms with Crippen molar-refractivity contribution in [2.75, 3.05) is 17.2 Å². The first-order valence-electron chi connectivity index (χ1n) is 9.37. The zero-order valence-electron chi connectivity index (χ0n) is 15.8. The predicted octanol–water partition coefficient (Wildman–Crippen LogP) is 5.17. The number of carbonyl (C=O) groups is 2. The maximum Gasteiger partial charge on any atom is 0.471 e. The molecule has 1 aromatic heterocycles. The Labute approximate surface area is 170 Å². The molecule has 2 amide bonds. The molecule has 2 N–H and O–H groups in total. The lowest BCUT2D eigenvalue weighted by Gasteiger charge is -2.13. The summed E-state index contributed by atoms with van der Waals surface area (Å²) in [5.74, 6) is -2.18. The van der Waals surface area contributed by atoms with Crippen LogP contribution in [0, 0.1) is 0 Å². The number of carbonyl (C=O) groups excluding carboxylic acids is 2. The largest absolute Gasteiger partial charge is 0.492 e. The van der Waals surface area contributed by atoms with Crippen LogP contribution in [0.4, 0.5) is 23.9 Å². The highest BCUT2D eigenvalue weighted by Gasteiger charge is 2.40. The lowest BCUT2D eigenvalue weighted by atomic mass is 10.0. The fourth-order valence-electron chi connectivity index (χ4n) is 3.28. The number of fused-ring (bicyclic) bond motifs is 1. The molecule has 0 radical (unpaired) electrons. The molecule has 0 atom stereocenters. The normalized spacial score (nSPS) is 13.9. The van der Waals surface area contributed by atoms with Crippen molar-refractivity contribution in [2.24, 2.45) is 0 Å². The number of nitrogens with one attached hydrogen (secondary N) is 2. The van der Waals surface area contributed by atoms with E-state index in [4.69, 9.17) is 4.74 Å². The van der Waals surface area contributed by atoms with Crippen molar-refractivity contribution >= 4 is 33.8 Å². The van der Waals surface area contributed by atoms with Crippen molar-refractivity contribution in [3.63, 3.8) is 0 Å². The number of halogens is 3. The van der Waals surface area contributed by atoms with E-state index in [1.165, 1.54) is 0 Å². The van der Waals surface area contributed by atoms with Gasteiger partial charge in [-0.15, -0.1) is 11.3 Å². The number of benzene rings is 1. The first-order valence-corrected chi connectivity index (χ1v) is 10.2. The highest BCUT2D eigenvalue weighted by atomic mass is 32.1. The van der Waals surface area contributed by atoms with Crippen LogP contribution in [0.1, 0.15) is 47.0 Å². The quantitative estimate of drug-likeness (QED) is 0.649. The van der Waals surface area contributed by atoms with E-state index in [1.54, 1.807) is 24.3 Å². The van der Waals surface area contributed by atoms with E-state index in [1.807, 2.05) is 12.2 Å². The number of hydrogen-bond donors (Lipinski definition) is 2. The lowest BCUT2D eigenvalue weighted by Crippen LogP contribution is -2.30. The van der Waals surface area contributed by atoms with Gasteiger partial charge >= 0.3 is 12.1 Å². The van der Waals surface area contributed by atoms with Crippen LogP contribution >= 0.6 is 11.3 Å². The maximum absolute atomic E-state index is 13.1. The van der Waals surface area contributed by atoms with Crippen LogP contribution < -0.4 is 15.4 Å². The van der Waals surface area contributed by atoms with Gasteiger partial charge in [-0.05, 0) is 50.3 Å². The van der Waals surface area contributed by atoms with Crippen molar-refractivity contribution in [1.82, 2.24) is 0 Å². The summed E-state index contributed by atoms with van der Waals surface area (Å²) in [7, 11) is 0. The van der Waals surface area contributed by atoms with Crippen LogP contribution in [0.25, 0.3) is 0 Å². The summed E-state index contributed by atoms with van der Waals surface area (Å²) in [6.45, 7) is 2.20. The Morgan fingerprint density at radius 3 is 2.55 bits per heavy atom. The van der Waals surface area contributed by atoms with Crippen LogP contribution in [-0.2, 0) is 17.6 Å². The topological polar surface area (TPSA) is 67.4 Å². The minimum absolute atomic E-state index is 0.0642. The summed E-state index contributed by atoms with van der Waals surface area (Å²) < 4.78 is 43.8. The van der Waals surface area contributed by atoms with E-state index < -0.39 is 18.0 Å². The van der Waals surface area contributed by atoms with Crippen LogP contribution in [0.5, 0.6) is 5.75 Å². The first-order chi connectivity index (χ1) is 13.8. The van der Waals surface area contributed by atoms with Crippen LogP contribution in [0.15, 0.2) is 24.3 Å². The Hall–Kier alpha value is -2.55. The van der Waals surface area contributed by atoms with Gasteiger partial charge in [0.15, 0.2) is 0 Å². The maximum atomic E-state index is 13.1. The third-order valence-corrected chi connectivity index (χ3v) is 5.78. The molecule has 2 aromatic rings. The summed E-state index contributed by atoms with van der Waals surface area (Å²) in [5, 5.41) is 4.56. The second-order valence-electron chi connectivity index (χ2n) is 6.60. The van der Waals surface area contributed by atoms with Gasteiger partial charge in [0.25, 0.3) is 5.91 Å². The van der Waals surface area contributed by atoms with Crippen molar-refractivity contribution in [3.05, 3.63) is 40.3 Å². The SMILES string of the molecule is CCOc1ccccc1NC(=O)c1c(NC(=O)C(F)(F)F)sc2c1CCCCC2. The minimum Gasteiger partial charge on any atom is -0.492 e. The second-order valence-corrected chi connectivity index (χ2v) is 7.71. The molecule has 0 bridgehead atoms. The van der Waals surface area contributed by atoms with Gasteiger partial charge in [-0.1, -0.05) is 18.6 Å². The number of rotatable bonds is 5. The van der Waals surface area contributed by atoms with E-state index in [9.17, 15) is 22.8 Å². The lowest BCUT2D eigenvalue weighted by molar-refractivity contribution is -0.167. The standard InChI is InChI=1S/C20H21F3N2O3S/c1-2-28-14-10-7-6-9-13(14)24-17(26)16-12-8-4-3-5-11-15(12)29-18(16)25-19(27)20(21,22)23/h6-7,9-10H,2-5,8,11H2,1H3,(H,24,26)(H,25,27). The van der Waals surface area contributed by atoms with Crippen LogP contribution in [0.3, 0.4) is 0 Å². The van der Waals surface area contributed by atoms with Crippen LogP contribution in [0.2, 0.25) is 0 Å². The third kappa shape index (κ3) is 4.90. The zero-order valence-corrected chi connectivity index (χ0v) is 16.6. The van der Waals surface area contributed by atoms with E-state index in [0.717, 1.165) is 41.0 Å². The number of para-hydroxylation sites is 2. The molecule has 0 saturated carbocycles. The average molecular weight is 426 g/mol. The Bertz CT molecular complexity index is 909. The number of amides is 2. The second kappa shape index (κ2) is 8.86. The Balaban J connectivity index is 1.97. The van der Waals surface area contributed by atoms with Gasteiger partial charge in [-0.25, -0.2) is 0 Å². The number of anilines is 2. The molecule has 0 unspecified atom stereocenters. The molecule has 9 heteroatoms. The first kappa shape index (κ1) is 21.2. The number of aryl methyl sites for hydroxylation is 1. The minimum atomic E-state index is -5.03. The van der Waals surface area contributed by atoms with Crippen molar-refractivity contribution in [3.8, 4) is 5.75 Å². The van der Waals surface area contributed by atoms with Gasteiger partial charge in [0.1, 0.15) is 10.8 Å². The van der Waals surface area contributed by atoms with E-state index >= 15 is 0 Å². The summed E-state index contributed by atoms with van der Waals surface area (Å²) in [6.07, 6.45) is -1.04. The number of ether oxygens (including phenoxy) is 1. The fraction of sp³-hybridized carbons (Fsp3) is 0.400. The average Bonchev–Trinajstić information content (AvgIpc) is 2.83. The van der Waals surface area contributed by atoms with Crippen molar-refractivity contribution in [2.45, 2.75) is 45.2 Å². The molecule has 1 aromatic carbocycles. The molecule has 0 fully saturated rings. The Kier molecular flexibility index (Phi) is 6.46. The molecule has 0 aliphatic heterocycles. The van der Waals surface area contributed by atoms with Gasteiger partial charge in [0.2, 0.25) is 0 Å². The van der Waals surface area contributed by atoms with Crippen molar-refractivity contribution in [1.29, 1.82) is 0 Å². The third-order valence-electron chi connectivity index (χ3n) is 4.57. The highest BCUT2D eigenvalue weighted by Crippen LogP contribution is 2.39. The summed E-state index contributed by atoms with van der Waals surface area (Å²) in [4.78, 5) is 25.4. The zero-order chi connectivity index (χ0) is 21.0. The number of hydrogen-bond acceptors (Lipinski definition) is 4. The molecular formula is C20H21F3N2O3S. The highest BCUT2D eigenvalue weighted by molar-refractivity contribution is 7.17. The van der Waals surface area contributed by atoms with Crippen molar-refractivity contribution < 1.29 is 27.5 Å². The smallest absolute Gasteiger partial charge is 0.471 e. The fourth-order valence-corrected chi connectivity index (χ4v) is 4.56. The van der Waals surface area contributed by atoms with Gasteiger partial charge in [0, 0.05) is 4.88 Å². The summed E-state index contributed by atoms with van der Waals surface area (Å²) >= 11 is 1.05. The molecule has 5 nitrogen and oxygen atoms in total. The molecule has 0 saturated heterocycles. The van der Waals surface area contributed by atoms with E-state index in [-0.39, 0.29) is 10.6 Å². The molecule has 29 heavy (non-hydrogen) atoms. The van der Waals surface area contributed by atoms with Gasteiger partial charge < -0.3 is 15.4 Å². The van der Waals surface area contributed by atoms with Crippen LogP contribution in [-0.4, -0.2) is 24.6 Å². The molecule has 1 aliphatic rings. The molecule has 156 valence electrons.